The zero-order valence-corrected chi connectivity index (χ0v) is 8.51. The van der Waals surface area contributed by atoms with Crippen molar-refractivity contribution >= 4 is 11.8 Å². The van der Waals surface area contributed by atoms with Gasteiger partial charge in [-0.15, -0.1) is 0 Å². The fraction of sp³-hybridized carbons (Fsp3) is 0.778. The molecule has 0 radical (unpaired) electrons. The van der Waals surface area contributed by atoms with E-state index in [0.29, 0.717) is 19.4 Å². The van der Waals surface area contributed by atoms with Gasteiger partial charge in [0.2, 0.25) is 11.8 Å². The van der Waals surface area contributed by atoms with Crippen LogP contribution >= 0.6 is 0 Å². The van der Waals surface area contributed by atoms with Crippen LogP contribution in [-0.2, 0) is 9.59 Å². The van der Waals surface area contributed by atoms with Crippen molar-refractivity contribution in [3.63, 3.8) is 0 Å². The van der Waals surface area contributed by atoms with Crippen LogP contribution in [0.2, 0.25) is 0 Å². The quantitative estimate of drug-likeness (QED) is 0.321. The van der Waals surface area contributed by atoms with Crippen molar-refractivity contribution in [2.24, 2.45) is 0 Å². The molecule has 0 rings (SSSR count). The molecule has 0 heterocycles. The minimum atomic E-state index is -0.359. The molecule has 0 bridgehead atoms. The molecule has 0 saturated heterocycles. The molecular weight excluding hydrogens is 184 g/mol. The van der Waals surface area contributed by atoms with Crippen molar-refractivity contribution < 1.29 is 14.8 Å². The maximum absolute atomic E-state index is 10.8. The topological polar surface area (TPSA) is 78.4 Å². The third-order valence-corrected chi connectivity index (χ3v) is 1.85. The van der Waals surface area contributed by atoms with E-state index >= 15 is 0 Å². The number of carbonyl (C=O) groups is 2. The van der Waals surface area contributed by atoms with Gasteiger partial charge in [-0.25, -0.2) is 5.48 Å². The lowest BCUT2D eigenvalue weighted by Crippen LogP contribution is -2.23. The molecule has 82 valence electrons. The molecule has 0 fully saturated rings. The van der Waals surface area contributed by atoms with Gasteiger partial charge in [-0.3, -0.25) is 14.8 Å². The summed E-state index contributed by atoms with van der Waals surface area (Å²) < 4.78 is 0. The lowest BCUT2D eigenvalue weighted by Gasteiger charge is -2.02. The fourth-order valence-corrected chi connectivity index (χ4v) is 0.996. The summed E-state index contributed by atoms with van der Waals surface area (Å²) in [5, 5.41) is 10.9. The molecule has 0 saturated carbocycles. The van der Waals surface area contributed by atoms with Crippen LogP contribution in [0.25, 0.3) is 0 Å². The van der Waals surface area contributed by atoms with Crippen LogP contribution in [0.4, 0.5) is 0 Å². The van der Waals surface area contributed by atoms with Gasteiger partial charge in [0.1, 0.15) is 0 Å². The third-order valence-electron chi connectivity index (χ3n) is 1.85. The Bertz CT molecular complexity index is 163. The van der Waals surface area contributed by atoms with Gasteiger partial charge in [0.15, 0.2) is 0 Å². The van der Waals surface area contributed by atoms with Crippen LogP contribution in [0, 0.1) is 0 Å². The van der Waals surface area contributed by atoms with Gasteiger partial charge in [0, 0.05) is 19.4 Å². The van der Waals surface area contributed by atoms with Gasteiger partial charge in [0.05, 0.1) is 0 Å². The minimum absolute atomic E-state index is 0.0538. The number of unbranched alkanes of at least 4 members (excludes halogenated alkanes) is 2. The van der Waals surface area contributed by atoms with E-state index in [1.165, 1.54) is 0 Å². The SMILES string of the molecule is CCC(=O)NCCCCCC(=O)NO. The van der Waals surface area contributed by atoms with E-state index < -0.39 is 0 Å². The average molecular weight is 202 g/mol. The summed E-state index contributed by atoms with van der Waals surface area (Å²) in [6.07, 6.45) is 3.31. The van der Waals surface area contributed by atoms with E-state index in [-0.39, 0.29) is 11.8 Å². The first-order chi connectivity index (χ1) is 6.70. The van der Waals surface area contributed by atoms with E-state index in [9.17, 15) is 9.59 Å². The summed E-state index contributed by atoms with van der Waals surface area (Å²) in [4.78, 5) is 21.4. The van der Waals surface area contributed by atoms with Crippen molar-refractivity contribution in [2.45, 2.75) is 39.0 Å². The van der Waals surface area contributed by atoms with Crippen molar-refractivity contribution in [2.75, 3.05) is 6.54 Å². The molecule has 0 atom stereocenters. The smallest absolute Gasteiger partial charge is 0.243 e. The molecule has 0 aliphatic heterocycles. The van der Waals surface area contributed by atoms with Gasteiger partial charge < -0.3 is 5.32 Å². The number of hydrogen-bond donors (Lipinski definition) is 3. The molecule has 0 spiro atoms. The van der Waals surface area contributed by atoms with Crippen LogP contribution in [0.1, 0.15) is 39.0 Å². The van der Waals surface area contributed by atoms with Gasteiger partial charge in [0.25, 0.3) is 0 Å². The Balaban J connectivity index is 3.14. The highest BCUT2D eigenvalue weighted by molar-refractivity contribution is 5.75. The van der Waals surface area contributed by atoms with Gasteiger partial charge >= 0.3 is 0 Å². The van der Waals surface area contributed by atoms with Crippen LogP contribution in [0.3, 0.4) is 0 Å². The average Bonchev–Trinajstić information content (AvgIpc) is 2.22. The van der Waals surface area contributed by atoms with Crippen molar-refractivity contribution in [1.29, 1.82) is 0 Å². The van der Waals surface area contributed by atoms with Crippen LogP contribution in [0.15, 0.2) is 0 Å². The summed E-state index contributed by atoms with van der Waals surface area (Å²) >= 11 is 0. The minimum Gasteiger partial charge on any atom is -0.356 e. The maximum Gasteiger partial charge on any atom is 0.243 e. The second-order valence-electron chi connectivity index (χ2n) is 3.05. The number of rotatable bonds is 7. The molecule has 2 amide bonds. The lowest BCUT2D eigenvalue weighted by atomic mass is 10.2. The number of nitrogens with one attached hydrogen (secondary N) is 2. The Morgan fingerprint density at radius 3 is 2.43 bits per heavy atom. The van der Waals surface area contributed by atoms with Crippen molar-refractivity contribution in [3.05, 3.63) is 0 Å². The van der Waals surface area contributed by atoms with Crippen LogP contribution in [0.5, 0.6) is 0 Å². The standard InChI is InChI=1S/C9H18N2O3/c1-2-8(12)10-7-5-3-4-6-9(13)11-14/h14H,2-7H2,1H3,(H,10,12)(H,11,13). The van der Waals surface area contributed by atoms with Gasteiger partial charge in [-0.05, 0) is 12.8 Å². The molecule has 0 unspecified atom stereocenters. The molecule has 0 aromatic heterocycles. The number of carbonyl (C=O) groups excluding carboxylic acids is 2. The summed E-state index contributed by atoms with van der Waals surface area (Å²) in [5.41, 5.74) is 1.57. The van der Waals surface area contributed by atoms with E-state index in [2.05, 4.69) is 5.32 Å². The summed E-state index contributed by atoms with van der Waals surface area (Å²) in [6.45, 7) is 2.47. The monoisotopic (exact) mass is 202 g/mol. The van der Waals surface area contributed by atoms with E-state index in [1.54, 1.807) is 12.4 Å². The molecule has 0 aliphatic carbocycles. The van der Waals surface area contributed by atoms with Gasteiger partial charge in [-0.1, -0.05) is 13.3 Å². The number of hydrogen-bond acceptors (Lipinski definition) is 3. The van der Waals surface area contributed by atoms with Gasteiger partial charge in [-0.2, -0.15) is 0 Å². The largest absolute Gasteiger partial charge is 0.356 e. The highest BCUT2D eigenvalue weighted by atomic mass is 16.5. The predicted octanol–water partition coefficient (Wildman–Crippen LogP) is 0.578. The molecular formula is C9H18N2O3. The Morgan fingerprint density at radius 1 is 1.14 bits per heavy atom. The molecule has 0 aromatic carbocycles. The molecule has 5 heteroatoms. The zero-order chi connectivity index (χ0) is 10.8. The van der Waals surface area contributed by atoms with Crippen LogP contribution in [-0.4, -0.2) is 23.6 Å². The molecule has 14 heavy (non-hydrogen) atoms. The molecule has 3 N–H and O–H groups in total. The Hall–Kier alpha value is -1.10. The Kier molecular flexibility index (Phi) is 7.83. The second-order valence-corrected chi connectivity index (χ2v) is 3.05. The first-order valence-corrected chi connectivity index (χ1v) is 4.90. The summed E-state index contributed by atoms with van der Waals surface area (Å²) in [7, 11) is 0. The summed E-state index contributed by atoms with van der Waals surface area (Å²) in [6, 6.07) is 0. The molecule has 5 nitrogen and oxygen atoms in total. The molecule has 0 aliphatic rings. The lowest BCUT2D eigenvalue weighted by molar-refractivity contribution is -0.129. The molecule has 0 aromatic rings. The van der Waals surface area contributed by atoms with E-state index in [4.69, 9.17) is 5.21 Å². The second kappa shape index (κ2) is 8.50. The normalized spacial score (nSPS) is 9.57. The van der Waals surface area contributed by atoms with E-state index in [0.717, 1.165) is 19.3 Å². The summed E-state index contributed by atoms with van der Waals surface area (Å²) in [5.74, 6) is -0.305. The predicted molar refractivity (Wildman–Crippen MR) is 51.7 cm³/mol. The van der Waals surface area contributed by atoms with E-state index in [1.807, 2.05) is 0 Å². The highest BCUT2D eigenvalue weighted by Crippen LogP contribution is 1.98. The highest BCUT2D eigenvalue weighted by Gasteiger charge is 1.98. The Morgan fingerprint density at radius 2 is 1.86 bits per heavy atom. The first kappa shape index (κ1) is 12.9. The Labute approximate surface area is 83.8 Å². The third kappa shape index (κ3) is 7.54. The zero-order valence-electron chi connectivity index (χ0n) is 8.51. The fourth-order valence-electron chi connectivity index (χ4n) is 0.996. The van der Waals surface area contributed by atoms with Crippen LogP contribution < -0.4 is 10.8 Å². The number of hydroxylamine groups is 1. The van der Waals surface area contributed by atoms with Crippen molar-refractivity contribution in [1.82, 2.24) is 10.8 Å². The maximum atomic E-state index is 10.8. The first-order valence-electron chi connectivity index (χ1n) is 4.90. The van der Waals surface area contributed by atoms with Crippen molar-refractivity contribution in [3.8, 4) is 0 Å². The number of amides is 2.